The maximum absolute atomic E-state index is 12.6. The van der Waals surface area contributed by atoms with E-state index in [2.05, 4.69) is 14.6 Å². The second-order valence-corrected chi connectivity index (χ2v) is 9.35. The predicted molar refractivity (Wildman–Crippen MR) is 120 cm³/mol. The maximum atomic E-state index is 12.6. The van der Waals surface area contributed by atoms with Gasteiger partial charge in [-0.2, -0.15) is 8.78 Å². The number of rotatable bonds is 8. The third-order valence-corrected chi connectivity index (χ3v) is 6.93. The minimum absolute atomic E-state index is 0.0988. The highest BCUT2D eigenvalue weighted by Crippen LogP contribution is 2.59. The highest BCUT2D eigenvalue weighted by atomic mass is 19.3. The number of nitrogens with two attached hydrogens (primary N) is 2. The Hall–Kier alpha value is -2.26. The van der Waals surface area contributed by atoms with E-state index in [0.29, 0.717) is 41.2 Å². The van der Waals surface area contributed by atoms with Gasteiger partial charge in [0, 0.05) is 61.4 Å². The van der Waals surface area contributed by atoms with E-state index >= 15 is 0 Å². The van der Waals surface area contributed by atoms with Crippen LogP contribution in [0, 0.1) is 17.8 Å². The molecule has 176 valence electrons. The molecule has 2 unspecified atom stereocenters. The minimum atomic E-state index is -2.98. The Morgan fingerprint density at radius 1 is 1.31 bits per heavy atom. The van der Waals surface area contributed by atoms with Gasteiger partial charge in [-0.15, -0.1) is 0 Å². The van der Waals surface area contributed by atoms with Crippen LogP contribution in [0.3, 0.4) is 0 Å². The fraction of sp³-hybridized carbons (Fsp3) is 0.652. The summed E-state index contributed by atoms with van der Waals surface area (Å²) in [6.45, 7) is 3.24. The van der Waals surface area contributed by atoms with E-state index in [-0.39, 0.29) is 17.6 Å². The van der Waals surface area contributed by atoms with Crippen molar-refractivity contribution in [2.24, 2.45) is 28.5 Å². The Morgan fingerprint density at radius 2 is 2.03 bits per heavy atom. The van der Waals surface area contributed by atoms with Gasteiger partial charge in [-0.05, 0) is 57.1 Å². The number of pyridine rings is 1. The fourth-order valence-electron chi connectivity index (χ4n) is 5.39. The highest BCUT2D eigenvalue weighted by Gasteiger charge is 2.58. The molecule has 9 heteroatoms. The molecule has 2 aliphatic carbocycles. The lowest BCUT2D eigenvalue weighted by atomic mass is 10.0. The van der Waals surface area contributed by atoms with E-state index in [1.165, 1.54) is 25.1 Å². The molecule has 2 heterocycles. The van der Waals surface area contributed by atoms with Gasteiger partial charge in [0.05, 0.1) is 6.10 Å². The maximum Gasteiger partial charge on any atom is 0.387 e. The van der Waals surface area contributed by atoms with Crippen LogP contribution in [0.25, 0.3) is 5.70 Å². The summed E-state index contributed by atoms with van der Waals surface area (Å²) in [5.41, 5.74) is 13.9. The first-order chi connectivity index (χ1) is 15.3. The Kier molecular flexibility index (Phi) is 6.67. The van der Waals surface area contributed by atoms with Crippen molar-refractivity contribution in [3.8, 4) is 5.75 Å². The van der Waals surface area contributed by atoms with E-state index in [4.69, 9.17) is 21.2 Å². The number of halogens is 2. The van der Waals surface area contributed by atoms with Gasteiger partial charge in [-0.25, -0.2) is 4.98 Å². The van der Waals surface area contributed by atoms with Crippen LogP contribution in [0.5, 0.6) is 5.75 Å². The molecule has 32 heavy (non-hydrogen) atoms. The molecule has 4 rings (SSSR count). The Balaban J connectivity index is 1.46. The van der Waals surface area contributed by atoms with Crippen molar-refractivity contribution < 1.29 is 18.3 Å². The largest absolute Gasteiger partial charge is 0.431 e. The quantitative estimate of drug-likeness (QED) is 0.592. The first-order valence-corrected chi connectivity index (χ1v) is 11.3. The third kappa shape index (κ3) is 4.88. The predicted octanol–water partition coefficient (Wildman–Crippen LogP) is 3.16. The van der Waals surface area contributed by atoms with Gasteiger partial charge in [0.25, 0.3) is 0 Å². The number of aromatic nitrogens is 1. The molecule has 3 fully saturated rings. The van der Waals surface area contributed by atoms with Crippen LogP contribution in [0.15, 0.2) is 23.3 Å². The number of ether oxygens (including phenoxy) is 2. The first kappa shape index (κ1) is 22.9. The van der Waals surface area contributed by atoms with E-state index in [9.17, 15) is 8.78 Å². The van der Waals surface area contributed by atoms with Crippen LogP contribution in [0.4, 0.5) is 14.6 Å². The second kappa shape index (κ2) is 9.31. The standard InChI is InChI=1S/C23H33F2N5O2/c1-12(2)29-19(9-18(26)13-6-20(32-23(24)25)22(27)28-10-13)21-16-7-14(8-17(16)21)30-5-4-15(11-30)31-3/h6,9-10,12,14-17,21,23H,4-5,7-8,11,26H2,1-3H3,(H2,27,28)/t14?,15-,16-,17+,21?/m0/s1. The zero-order valence-electron chi connectivity index (χ0n) is 18.9. The highest BCUT2D eigenvalue weighted by molar-refractivity contribution is 6.04. The molecule has 7 nitrogen and oxygen atoms in total. The molecule has 0 amide bonds. The number of alkyl halides is 2. The first-order valence-electron chi connectivity index (χ1n) is 11.3. The number of anilines is 1. The van der Waals surface area contributed by atoms with Crippen molar-refractivity contribution >= 4 is 17.2 Å². The van der Waals surface area contributed by atoms with Gasteiger partial charge < -0.3 is 20.9 Å². The van der Waals surface area contributed by atoms with Crippen molar-refractivity contribution in [1.29, 1.82) is 0 Å². The molecule has 5 atom stereocenters. The molecule has 1 aliphatic heterocycles. The topological polar surface area (TPSA) is 99.0 Å². The SMILES string of the molecule is CO[C@H]1CCN(C2C[C@@H]3C(C(C=C(N)c4cnc(N)c(OC(F)F)c4)=NC(C)C)[C@@H]3C2)C1. The summed E-state index contributed by atoms with van der Waals surface area (Å²) >= 11 is 0. The summed E-state index contributed by atoms with van der Waals surface area (Å²) < 4.78 is 35.2. The normalized spacial score (nSPS) is 30.9. The molecule has 4 N–H and O–H groups in total. The summed E-state index contributed by atoms with van der Waals surface area (Å²) in [6.07, 6.45) is 7.15. The molecular formula is C23H33F2N5O2. The van der Waals surface area contributed by atoms with Crippen LogP contribution in [-0.4, -0.2) is 60.6 Å². The number of hydrogen-bond donors (Lipinski definition) is 2. The number of allylic oxidation sites excluding steroid dienone is 1. The summed E-state index contributed by atoms with van der Waals surface area (Å²) in [4.78, 5) is 11.4. The van der Waals surface area contributed by atoms with Gasteiger partial charge in [0.15, 0.2) is 11.6 Å². The fourth-order valence-corrected chi connectivity index (χ4v) is 5.39. The van der Waals surface area contributed by atoms with Crippen LogP contribution in [0.2, 0.25) is 0 Å². The zero-order chi connectivity index (χ0) is 23.0. The molecule has 2 saturated carbocycles. The minimum Gasteiger partial charge on any atom is -0.431 e. The molecule has 3 aliphatic rings. The third-order valence-electron chi connectivity index (χ3n) is 6.93. The van der Waals surface area contributed by atoms with Crippen molar-refractivity contribution in [3.63, 3.8) is 0 Å². The van der Waals surface area contributed by atoms with Crippen molar-refractivity contribution in [2.75, 3.05) is 25.9 Å². The summed E-state index contributed by atoms with van der Waals surface area (Å²) in [5, 5.41) is 0. The van der Waals surface area contributed by atoms with Crippen LogP contribution in [0.1, 0.15) is 38.7 Å². The second-order valence-electron chi connectivity index (χ2n) is 9.35. The van der Waals surface area contributed by atoms with Crippen LogP contribution < -0.4 is 16.2 Å². The Labute approximate surface area is 187 Å². The molecule has 0 bridgehead atoms. The summed E-state index contributed by atoms with van der Waals surface area (Å²) in [5.74, 6) is 1.35. The number of hydrogen-bond acceptors (Lipinski definition) is 7. The van der Waals surface area contributed by atoms with E-state index in [0.717, 1.165) is 25.2 Å². The van der Waals surface area contributed by atoms with E-state index < -0.39 is 6.61 Å². The monoisotopic (exact) mass is 449 g/mol. The zero-order valence-corrected chi connectivity index (χ0v) is 18.9. The van der Waals surface area contributed by atoms with Gasteiger partial charge >= 0.3 is 6.61 Å². The Morgan fingerprint density at radius 3 is 2.62 bits per heavy atom. The lowest BCUT2D eigenvalue weighted by Gasteiger charge is -2.26. The lowest BCUT2D eigenvalue weighted by molar-refractivity contribution is -0.0495. The average Bonchev–Trinajstić information content (AvgIpc) is 3.09. The molecular weight excluding hydrogens is 416 g/mol. The molecule has 1 aromatic heterocycles. The lowest BCUT2D eigenvalue weighted by Crippen LogP contribution is -2.34. The number of nitrogen functional groups attached to an aromatic ring is 1. The molecule has 0 aromatic carbocycles. The number of methoxy groups -OCH3 is 1. The van der Waals surface area contributed by atoms with Crippen LogP contribution in [-0.2, 0) is 4.74 Å². The smallest absolute Gasteiger partial charge is 0.387 e. The van der Waals surface area contributed by atoms with E-state index in [1.807, 2.05) is 19.9 Å². The summed E-state index contributed by atoms with van der Waals surface area (Å²) in [6, 6.07) is 2.16. The van der Waals surface area contributed by atoms with Gasteiger partial charge in [0.1, 0.15) is 0 Å². The van der Waals surface area contributed by atoms with Crippen molar-refractivity contribution in [2.45, 2.75) is 57.9 Å². The molecule has 1 saturated heterocycles. The number of aliphatic imine (C=N–C) groups is 1. The number of nitrogens with zero attached hydrogens (tertiary/aromatic N) is 3. The molecule has 0 spiro atoms. The van der Waals surface area contributed by atoms with Crippen LogP contribution >= 0.6 is 0 Å². The average molecular weight is 450 g/mol. The van der Waals surface area contributed by atoms with Gasteiger partial charge in [-0.1, -0.05) is 0 Å². The number of fused-ring (bicyclic) bond motifs is 1. The molecule has 1 aromatic rings. The van der Waals surface area contributed by atoms with Gasteiger partial charge in [-0.3, -0.25) is 9.89 Å². The van der Waals surface area contributed by atoms with Crippen molar-refractivity contribution in [1.82, 2.24) is 9.88 Å². The number of likely N-dealkylation sites (tertiary alicyclic amines) is 1. The van der Waals surface area contributed by atoms with E-state index in [1.54, 1.807) is 7.11 Å². The van der Waals surface area contributed by atoms with Crippen molar-refractivity contribution in [3.05, 3.63) is 23.9 Å². The molecule has 0 radical (unpaired) electrons. The van der Waals surface area contributed by atoms with Gasteiger partial charge in [0.2, 0.25) is 0 Å². The Bertz CT molecular complexity index is 879. The summed E-state index contributed by atoms with van der Waals surface area (Å²) in [7, 11) is 1.79.